The summed E-state index contributed by atoms with van der Waals surface area (Å²) in [6.07, 6.45) is 1.06. The molecule has 0 aliphatic rings. The quantitative estimate of drug-likeness (QED) is 0.756. The Morgan fingerprint density at radius 2 is 2.10 bits per heavy atom. The zero-order valence-electron chi connectivity index (χ0n) is 12.5. The first kappa shape index (κ1) is 17.4. The van der Waals surface area contributed by atoms with Crippen LogP contribution in [0.25, 0.3) is 0 Å². The van der Waals surface area contributed by atoms with Gasteiger partial charge in [0.15, 0.2) is 11.6 Å². The second kappa shape index (κ2) is 7.36. The van der Waals surface area contributed by atoms with Crippen molar-refractivity contribution in [3.05, 3.63) is 35.4 Å². The molecule has 0 heterocycles. The molecular formula is C15H22F2N2O2. The van der Waals surface area contributed by atoms with Gasteiger partial charge >= 0.3 is 6.03 Å². The molecular weight excluding hydrogens is 278 g/mol. The molecule has 1 aromatic rings. The summed E-state index contributed by atoms with van der Waals surface area (Å²) in [6.45, 7) is 5.24. The Bertz CT molecular complexity index is 497. The molecule has 0 fully saturated rings. The van der Waals surface area contributed by atoms with Crippen LogP contribution in [-0.4, -0.2) is 23.3 Å². The fraction of sp³-hybridized carbons (Fsp3) is 0.533. The number of carbonyl (C=O) groups is 1. The van der Waals surface area contributed by atoms with Crippen molar-refractivity contribution in [1.82, 2.24) is 10.6 Å². The van der Waals surface area contributed by atoms with Crippen molar-refractivity contribution in [2.45, 2.75) is 45.2 Å². The second-order valence-electron chi connectivity index (χ2n) is 5.35. The monoisotopic (exact) mass is 300 g/mol. The van der Waals surface area contributed by atoms with Gasteiger partial charge in [-0.05, 0) is 32.8 Å². The number of halogens is 2. The van der Waals surface area contributed by atoms with Gasteiger partial charge in [0.2, 0.25) is 0 Å². The summed E-state index contributed by atoms with van der Waals surface area (Å²) >= 11 is 0. The van der Waals surface area contributed by atoms with Gasteiger partial charge in [0.1, 0.15) is 0 Å². The molecule has 4 nitrogen and oxygen atoms in total. The highest BCUT2D eigenvalue weighted by Crippen LogP contribution is 2.19. The molecule has 0 saturated heterocycles. The van der Waals surface area contributed by atoms with E-state index in [1.807, 2.05) is 13.8 Å². The molecule has 0 spiro atoms. The molecule has 21 heavy (non-hydrogen) atoms. The van der Waals surface area contributed by atoms with Crippen LogP contribution in [0.15, 0.2) is 18.2 Å². The lowest BCUT2D eigenvalue weighted by Crippen LogP contribution is -2.50. The first-order chi connectivity index (χ1) is 9.83. The number of amides is 2. The topological polar surface area (TPSA) is 61.4 Å². The number of carbonyl (C=O) groups excluding carboxylic acids is 1. The van der Waals surface area contributed by atoms with Crippen molar-refractivity contribution < 1.29 is 18.7 Å². The van der Waals surface area contributed by atoms with E-state index in [1.165, 1.54) is 12.1 Å². The summed E-state index contributed by atoms with van der Waals surface area (Å²) in [4.78, 5) is 12.0. The highest BCUT2D eigenvalue weighted by molar-refractivity contribution is 5.75. The Morgan fingerprint density at radius 3 is 2.67 bits per heavy atom. The molecule has 2 amide bonds. The van der Waals surface area contributed by atoms with E-state index < -0.39 is 29.2 Å². The summed E-state index contributed by atoms with van der Waals surface area (Å²) in [7, 11) is 0. The van der Waals surface area contributed by atoms with E-state index in [2.05, 4.69) is 10.6 Å². The predicted octanol–water partition coefficient (Wildman–Crippen LogP) is 2.88. The molecule has 0 saturated carbocycles. The smallest absolute Gasteiger partial charge is 0.315 e. The van der Waals surface area contributed by atoms with Gasteiger partial charge in [-0.25, -0.2) is 13.6 Å². The van der Waals surface area contributed by atoms with Crippen LogP contribution in [0.4, 0.5) is 13.6 Å². The maximum atomic E-state index is 13.6. The summed E-state index contributed by atoms with van der Waals surface area (Å²) in [6, 6.07) is 2.70. The number of urea groups is 1. The van der Waals surface area contributed by atoms with Gasteiger partial charge in [-0.1, -0.05) is 19.1 Å². The van der Waals surface area contributed by atoms with Crippen LogP contribution in [0.5, 0.6) is 0 Å². The summed E-state index contributed by atoms with van der Waals surface area (Å²) < 4.78 is 26.8. The minimum atomic E-state index is -0.959. The lowest BCUT2D eigenvalue weighted by molar-refractivity contribution is 0.199. The van der Waals surface area contributed by atoms with E-state index in [0.29, 0.717) is 12.8 Å². The van der Waals surface area contributed by atoms with Gasteiger partial charge in [0.05, 0.1) is 6.04 Å². The van der Waals surface area contributed by atoms with Crippen LogP contribution >= 0.6 is 0 Å². The van der Waals surface area contributed by atoms with Crippen LogP contribution in [0, 0.1) is 11.6 Å². The average Bonchev–Trinajstić information content (AvgIpc) is 2.41. The molecule has 2 unspecified atom stereocenters. The molecule has 0 aliphatic heterocycles. The van der Waals surface area contributed by atoms with Crippen molar-refractivity contribution in [3.8, 4) is 0 Å². The van der Waals surface area contributed by atoms with Crippen molar-refractivity contribution in [3.63, 3.8) is 0 Å². The number of hydrogen-bond acceptors (Lipinski definition) is 2. The molecule has 0 radical (unpaired) electrons. The zero-order chi connectivity index (χ0) is 16.0. The van der Waals surface area contributed by atoms with Crippen molar-refractivity contribution in [1.29, 1.82) is 0 Å². The number of aliphatic hydroxyl groups is 1. The van der Waals surface area contributed by atoms with Crippen molar-refractivity contribution >= 4 is 6.03 Å². The van der Waals surface area contributed by atoms with Crippen LogP contribution in [-0.2, 0) is 0 Å². The van der Waals surface area contributed by atoms with Crippen molar-refractivity contribution in [2.24, 2.45) is 0 Å². The third-order valence-electron chi connectivity index (χ3n) is 3.65. The Labute approximate surface area is 123 Å². The van der Waals surface area contributed by atoms with E-state index in [0.717, 1.165) is 6.07 Å². The molecule has 3 N–H and O–H groups in total. The van der Waals surface area contributed by atoms with E-state index in [9.17, 15) is 13.6 Å². The van der Waals surface area contributed by atoms with Gasteiger partial charge in [0, 0.05) is 17.7 Å². The number of hydrogen-bond donors (Lipinski definition) is 3. The lowest BCUT2D eigenvalue weighted by atomic mass is 9.95. The SMILES string of the molecule is CCC(C)(CCO)NC(=O)NC(C)c1cccc(F)c1F. The highest BCUT2D eigenvalue weighted by atomic mass is 19.2. The van der Waals surface area contributed by atoms with Gasteiger partial charge < -0.3 is 15.7 Å². The standard InChI is InChI=1S/C15H22F2N2O2/c1-4-15(3,8-9-20)19-14(21)18-10(2)11-6-5-7-12(16)13(11)17/h5-7,10,20H,4,8-9H2,1-3H3,(H2,18,19,21). The van der Waals surface area contributed by atoms with Crippen LogP contribution in [0.3, 0.4) is 0 Å². The number of nitrogens with one attached hydrogen (secondary N) is 2. The number of aliphatic hydroxyl groups excluding tert-OH is 1. The third-order valence-corrected chi connectivity index (χ3v) is 3.65. The highest BCUT2D eigenvalue weighted by Gasteiger charge is 2.25. The summed E-state index contributed by atoms with van der Waals surface area (Å²) in [5, 5.41) is 14.3. The first-order valence-electron chi connectivity index (χ1n) is 6.96. The van der Waals surface area contributed by atoms with Gasteiger partial charge in [-0.2, -0.15) is 0 Å². The molecule has 1 aromatic carbocycles. The van der Waals surface area contributed by atoms with Gasteiger partial charge in [-0.3, -0.25) is 0 Å². The fourth-order valence-corrected chi connectivity index (χ4v) is 2.01. The molecule has 0 aromatic heterocycles. The minimum absolute atomic E-state index is 0.0430. The Morgan fingerprint density at radius 1 is 1.43 bits per heavy atom. The maximum Gasteiger partial charge on any atom is 0.315 e. The van der Waals surface area contributed by atoms with E-state index in [1.54, 1.807) is 6.92 Å². The Kier molecular flexibility index (Phi) is 6.08. The van der Waals surface area contributed by atoms with Crippen LogP contribution < -0.4 is 10.6 Å². The van der Waals surface area contributed by atoms with Crippen LogP contribution in [0.1, 0.15) is 45.2 Å². The maximum absolute atomic E-state index is 13.6. The minimum Gasteiger partial charge on any atom is -0.396 e. The molecule has 0 bridgehead atoms. The number of rotatable bonds is 6. The summed E-state index contributed by atoms with van der Waals surface area (Å²) in [5.41, 5.74) is -0.454. The molecule has 6 heteroatoms. The number of benzene rings is 1. The van der Waals surface area contributed by atoms with E-state index in [4.69, 9.17) is 5.11 Å². The van der Waals surface area contributed by atoms with Gasteiger partial charge in [-0.15, -0.1) is 0 Å². The fourth-order valence-electron chi connectivity index (χ4n) is 2.01. The van der Waals surface area contributed by atoms with E-state index in [-0.39, 0.29) is 12.2 Å². The third kappa shape index (κ3) is 4.67. The summed E-state index contributed by atoms with van der Waals surface area (Å²) in [5.74, 6) is -1.90. The molecule has 2 atom stereocenters. The first-order valence-corrected chi connectivity index (χ1v) is 6.96. The molecule has 118 valence electrons. The Hall–Kier alpha value is -1.69. The average molecular weight is 300 g/mol. The zero-order valence-corrected chi connectivity index (χ0v) is 12.5. The van der Waals surface area contributed by atoms with Crippen LogP contribution in [0.2, 0.25) is 0 Å². The van der Waals surface area contributed by atoms with E-state index >= 15 is 0 Å². The molecule has 1 rings (SSSR count). The largest absolute Gasteiger partial charge is 0.396 e. The molecule has 0 aliphatic carbocycles. The predicted molar refractivity (Wildman–Crippen MR) is 76.8 cm³/mol. The van der Waals surface area contributed by atoms with Crippen molar-refractivity contribution in [2.75, 3.05) is 6.61 Å². The van der Waals surface area contributed by atoms with Gasteiger partial charge in [0.25, 0.3) is 0 Å². The second-order valence-corrected chi connectivity index (χ2v) is 5.35. The Balaban J connectivity index is 2.72. The lowest BCUT2D eigenvalue weighted by Gasteiger charge is -2.30. The normalized spacial score (nSPS) is 15.1.